The van der Waals surface area contributed by atoms with Crippen molar-refractivity contribution in [2.45, 2.75) is 13.0 Å². The van der Waals surface area contributed by atoms with Crippen LogP contribution in [-0.2, 0) is 0 Å². The van der Waals surface area contributed by atoms with E-state index in [2.05, 4.69) is 20.9 Å². The minimum absolute atomic E-state index is 0.599. The molecule has 1 aromatic carbocycles. The quantitative estimate of drug-likeness (QED) is 0.912. The maximum Gasteiger partial charge on any atom is 0.107 e. The summed E-state index contributed by atoms with van der Waals surface area (Å²) in [5.41, 5.74) is 2.41. The van der Waals surface area contributed by atoms with E-state index in [-0.39, 0.29) is 0 Å². The zero-order valence-corrected chi connectivity index (χ0v) is 11.5. The Kier molecular flexibility index (Phi) is 3.82. The summed E-state index contributed by atoms with van der Waals surface area (Å²) in [5, 5.41) is 10.9. The van der Waals surface area contributed by atoms with E-state index in [0.29, 0.717) is 5.02 Å². The second kappa shape index (κ2) is 5.17. The van der Waals surface area contributed by atoms with E-state index in [1.165, 1.54) is 0 Å². The van der Waals surface area contributed by atoms with Gasteiger partial charge in [-0.3, -0.25) is 4.98 Å². The average molecular weight is 313 g/mol. The summed E-state index contributed by atoms with van der Waals surface area (Å²) in [5.74, 6) is 0. The molecule has 4 heteroatoms. The lowest BCUT2D eigenvalue weighted by molar-refractivity contribution is 0.219. The Morgan fingerprint density at radius 2 is 2.06 bits per heavy atom. The molecule has 1 aromatic heterocycles. The number of nitrogens with zero attached hydrogens (tertiary/aromatic N) is 1. The van der Waals surface area contributed by atoms with Gasteiger partial charge >= 0.3 is 0 Å². The third-order valence-electron chi connectivity index (χ3n) is 2.50. The molecule has 0 saturated heterocycles. The Morgan fingerprint density at radius 1 is 1.29 bits per heavy atom. The first-order valence-electron chi connectivity index (χ1n) is 5.13. The highest BCUT2D eigenvalue weighted by Crippen LogP contribution is 2.30. The van der Waals surface area contributed by atoms with Gasteiger partial charge in [-0.05, 0) is 31.2 Å². The zero-order valence-electron chi connectivity index (χ0n) is 9.19. The van der Waals surface area contributed by atoms with Crippen LogP contribution in [-0.4, -0.2) is 10.1 Å². The van der Waals surface area contributed by atoms with Crippen molar-refractivity contribution < 1.29 is 5.11 Å². The molecule has 17 heavy (non-hydrogen) atoms. The Bertz CT molecular complexity index is 527. The molecule has 2 rings (SSSR count). The summed E-state index contributed by atoms with van der Waals surface area (Å²) in [6.07, 6.45) is 0.948. The number of aliphatic hydroxyl groups excluding tert-OH is 1. The summed E-state index contributed by atoms with van der Waals surface area (Å²) in [7, 11) is 0. The fraction of sp³-hybridized carbons (Fsp3) is 0.154. The fourth-order valence-electron chi connectivity index (χ4n) is 1.54. The van der Waals surface area contributed by atoms with Gasteiger partial charge in [-0.25, -0.2) is 0 Å². The minimum Gasteiger partial charge on any atom is -0.384 e. The van der Waals surface area contributed by atoms with Gasteiger partial charge in [-0.1, -0.05) is 33.6 Å². The van der Waals surface area contributed by atoms with Crippen LogP contribution < -0.4 is 0 Å². The maximum atomic E-state index is 10.3. The van der Waals surface area contributed by atoms with Crippen LogP contribution in [0.15, 0.2) is 41.0 Å². The van der Waals surface area contributed by atoms with Crippen molar-refractivity contribution in [1.82, 2.24) is 4.98 Å². The molecule has 0 bridgehead atoms. The number of hydrogen-bond acceptors (Lipinski definition) is 2. The van der Waals surface area contributed by atoms with Gasteiger partial charge in [0, 0.05) is 32.5 Å². The van der Waals surface area contributed by atoms with Gasteiger partial charge in [0.05, 0.1) is 0 Å². The lowest BCUT2D eigenvalue weighted by Crippen LogP contribution is -2.01. The highest BCUT2D eigenvalue weighted by molar-refractivity contribution is 9.10. The van der Waals surface area contributed by atoms with Crippen molar-refractivity contribution in [2.75, 3.05) is 0 Å². The van der Waals surface area contributed by atoms with Crippen LogP contribution in [0.3, 0.4) is 0 Å². The standard InChI is InChI=1S/C13H11BrClNO/c1-8-2-3-9(7-16-8)13(17)11-6-10(15)4-5-12(11)14/h2-7,13,17H,1H3. The highest BCUT2D eigenvalue weighted by Gasteiger charge is 2.14. The number of benzene rings is 1. The third kappa shape index (κ3) is 2.86. The molecule has 2 aromatic rings. The van der Waals surface area contributed by atoms with Crippen molar-refractivity contribution in [3.63, 3.8) is 0 Å². The third-order valence-corrected chi connectivity index (χ3v) is 3.46. The predicted octanol–water partition coefficient (Wildman–Crippen LogP) is 3.89. The van der Waals surface area contributed by atoms with Crippen LogP contribution in [0.4, 0.5) is 0 Å². The van der Waals surface area contributed by atoms with Crippen molar-refractivity contribution in [3.8, 4) is 0 Å². The van der Waals surface area contributed by atoms with Crippen LogP contribution in [0, 0.1) is 6.92 Å². The van der Waals surface area contributed by atoms with Gasteiger partial charge < -0.3 is 5.11 Å². The van der Waals surface area contributed by atoms with Gasteiger partial charge in [0.2, 0.25) is 0 Å². The topological polar surface area (TPSA) is 33.1 Å². The molecule has 2 nitrogen and oxygen atoms in total. The normalized spacial score (nSPS) is 12.5. The smallest absolute Gasteiger partial charge is 0.107 e. The van der Waals surface area contributed by atoms with Gasteiger partial charge in [0.1, 0.15) is 6.10 Å². The van der Waals surface area contributed by atoms with E-state index in [1.54, 1.807) is 18.3 Å². The van der Waals surface area contributed by atoms with E-state index in [4.69, 9.17) is 11.6 Å². The Balaban J connectivity index is 2.39. The molecule has 0 aliphatic carbocycles. The number of rotatable bonds is 2. The molecule has 1 heterocycles. The number of hydrogen-bond donors (Lipinski definition) is 1. The van der Waals surface area contributed by atoms with E-state index in [9.17, 15) is 5.11 Å². The van der Waals surface area contributed by atoms with Crippen molar-refractivity contribution in [3.05, 3.63) is 62.8 Å². The molecule has 0 amide bonds. The van der Waals surface area contributed by atoms with Crippen LogP contribution in [0.5, 0.6) is 0 Å². The number of pyridine rings is 1. The van der Waals surface area contributed by atoms with Gasteiger partial charge in [-0.2, -0.15) is 0 Å². The maximum absolute atomic E-state index is 10.3. The molecule has 0 aliphatic rings. The second-order valence-electron chi connectivity index (χ2n) is 3.80. The van der Waals surface area contributed by atoms with Crippen molar-refractivity contribution in [1.29, 1.82) is 0 Å². The highest BCUT2D eigenvalue weighted by atomic mass is 79.9. The molecule has 0 saturated carbocycles. The van der Waals surface area contributed by atoms with Gasteiger partial charge in [0.15, 0.2) is 0 Å². The summed E-state index contributed by atoms with van der Waals surface area (Å²) in [6, 6.07) is 9.07. The lowest BCUT2D eigenvalue weighted by atomic mass is 10.0. The SMILES string of the molecule is Cc1ccc(C(O)c2cc(Cl)ccc2Br)cn1. The molecule has 1 N–H and O–H groups in total. The zero-order chi connectivity index (χ0) is 12.4. The van der Waals surface area contributed by atoms with E-state index in [1.807, 2.05) is 25.1 Å². The molecular formula is C13H11BrClNO. The summed E-state index contributed by atoms with van der Waals surface area (Å²) in [6.45, 7) is 1.91. The first kappa shape index (κ1) is 12.6. The van der Waals surface area contributed by atoms with Gasteiger partial charge in [0.25, 0.3) is 0 Å². The Hall–Kier alpha value is -0.900. The molecule has 0 spiro atoms. The van der Waals surface area contributed by atoms with Crippen LogP contribution in [0.25, 0.3) is 0 Å². The van der Waals surface area contributed by atoms with Crippen molar-refractivity contribution >= 4 is 27.5 Å². The van der Waals surface area contributed by atoms with E-state index >= 15 is 0 Å². The monoisotopic (exact) mass is 311 g/mol. The Labute approximate surface area is 113 Å². The van der Waals surface area contributed by atoms with E-state index in [0.717, 1.165) is 21.3 Å². The van der Waals surface area contributed by atoms with Crippen LogP contribution in [0.1, 0.15) is 22.9 Å². The first-order valence-corrected chi connectivity index (χ1v) is 6.30. The first-order chi connectivity index (χ1) is 8.08. The number of aliphatic hydroxyl groups is 1. The second-order valence-corrected chi connectivity index (χ2v) is 5.09. The predicted molar refractivity (Wildman–Crippen MR) is 72.2 cm³/mol. The molecular weight excluding hydrogens is 302 g/mol. The number of aromatic nitrogens is 1. The summed E-state index contributed by atoms with van der Waals surface area (Å²) < 4.78 is 0.829. The number of aryl methyl sites for hydroxylation is 1. The van der Waals surface area contributed by atoms with Crippen LogP contribution >= 0.6 is 27.5 Å². The molecule has 88 valence electrons. The lowest BCUT2D eigenvalue weighted by Gasteiger charge is -2.13. The summed E-state index contributed by atoms with van der Waals surface area (Å²) in [4.78, 5) is 4.17. The van der Waals surface area contributed by atoms with Gasteiger partial charge in [-0.15, -0.1) is 0 Å². The molecule has 0 aliphatic heterocycles. The number of halogens is 2. The summed E-state index contributed by atoms with van der Waals surface area (Å²) >= 11 is 9.33. The Morgan fingerprint density at radius 3 is 2.71 bits per heavy atom. The fourth-order valence-corrected chi connectivity index (χ4v) is 2.19. The molecule has 0 fully saturated rings. The average Bonchev–Trinajstić information content (AvgIpc) is 2.32. The minimum atomic E-state index is -0.726. The molecule has 1 atom stereocenters. The van der Waals surface area contributed by atoms with E-state index < -0.39 is 6.10 Å². The van der Waals surface area contributed by atoms with Crippen LogP contribution in [0.2, 0.25) is 5.02 Å². The molecule has 1 unspecified atom stereocenters. The van der Waals surface area contributed by atoms with Crippen molar-refractivity contribution in [2.24, 2.45) is 0 Å². The molecule has 0 radical (unpaired) electrons. The largest absolute Gasteiger partial charge is 0.384 e.